The van der Waals surface area contributed by atoms with Gasteiger partial charge in [0.2, 0.25) is 0 Å². The van der Waals surface area contributed by atoms with Crippen LogP contribution in [0, 0.1) is 0 Å². The number of carbonyl (C=O) groups is 1. The second kappa shape index (κ2) is 7.01. The van der Waals surface area contributed by atoms with E-state index in [2.05, 4.69) is 20.7 Å². The highest BCUT2D eigenvalue weighted by molar-refractivity contribution is 5.97. The minimum Gasteiger partial charge on any atom is -0.383 e. The first kappa shape index (κ1) is 15.3. The Morgan fingerprint density at radius 1 is 1.47 bits per heavy atom. The molecule has 0 fully saturated rings. The molecule has 0 aliphatic carbocycles. The first-order chi connectivity index (χ1) is 8.99. The number of nitrogens with zero attached hydrogens (tertiary/aromatic N) is 2. The number of methoxy groups -OCH3 is 1. The van der Waals surface area contributed by atoms with Gasteiger partial charge in [-0.25, -0.2) is 9.97 Å². The van der Waals surface area contributed by atoms with Gasteiger partial charge in [-0.2, -0.15) is 0 Å². The number of hydrogen-bond donors (Lipinski definition) is 3. The van der Waals surface area contributed by atoms with E-state index in [-0.39, 0.29) is 23.6 Å². The summed E-state index contributed by atoms with van der Waals surface area (Å²) in [4.78, 5) is 20.5. The van der Waals surface area contributed by atoms with E-state index in [1.165, 1.54) is 6.20 Å². The van der Waals surface area contributed by atoms with Gasteiger partial charge in [0.1, 0.15) is 5.82 Å². The summed E-state index contributed by atoms with van der Waals surface area (Å²) in [5, 5.41) is 2.79. The standard InChI is InChI=1S/C12H21N5O2/c1-7(2)11-14-5-9(17-13)10(16-11)12(18)15-8(3)6-19-4/h5,7-8,17H,6,13H2,1-4H3,(H,15,18). The van der Waals surface area contributed by atoms with Gasteiger partial charge in [-0.3, -0.25) is 10.6 Å². The normalized spacial score (nSPS) is 12.3. The number of rotatable bonds is 6. The van der Waals surface area contributed by atoms with Crippen LogP contribution < -0.4 is 16.6 Å². The molecule has 0 saturated heterocycles. The molecule has 0 bridgehead atoms. The van der Waals surface area contributed by atoms with Crippen LogP contribution in [0.5, 0.6) is 0 Å². The number of nitrogens with one attached hydrogen (secondary N) is 2. The van der Waals surface area contributed by atoms with Gasteiger partial charge in [0.15, 0.2) is 5.69 Å². The lowest BCUT2D eigenvalue weighted by Crippen LogP contribution is -2.37. The summed E-state index contributed by atoms with van der Waals surface area (Å²) in [6.07, 6.45) is 1.51. The van der Waals surface area contributed by atoms with Crippen LogP contribution in [0.4, 0.5) is 5.69 Å². The van der Waals surface area contributed by atoms with Gasteiger partial charge < -0.3 is 15.5 Å². The molecule has 7 heteroatoms. The molecule has 4 N–H and O–H groups in total. The van der Waals surface area contributed by atoms with E-state index in [1.807, 2.05) is 20.8 Å². The molecule has 1 atom stereocenters. The predicted octanol–water partition coefficient (Wildman–Crippen LogP) is 0.650. The summed E-state index contributed by atoms with van der Waals surface area (Å²) >= 11 is 0. The lowest BCUT2D eigenvalue weighted by molar-refractivity contribution is 0.0901. The highest BCUT2D eigenvalue weighted by atomic mass is 16.5. The quantitative estimate of drug-likeness (QED) is 0.516. The fourth-order valence-electron chi connectivity index (χ4n) is 1.54. The second-order valence-corrected chi connectivity index (χ2v) is 4.62. The number of aromatic nitrogens is 2. The highest BCUT2D eigenvalue weighted by Gasteiger charge is 2.17. The Hall–Kier alpha value is -1.73. The lowest BCUT2D eigenvalue weighted by atomic mass is 10.2. The van der Waals surface area contributed by atoms with E-state index in [0.717, 1.165) is 0 Å². The maximum absolute atomic E-state index is 12.1. The molecule has 1 amide bonds. The number of anilines is 1. The Morgan fingerprint density at radius 2 is 2.16 bits per heavy atom. The Labute approximate surface area is 112 Å². The van der Waals surface area contributed by atoms with Crippen LogP contribution >= 0.6 is 0 Å². The van der Waals surface area contributed by atoms with Crippen molar-refractivity contribution in [1.29, 1.82) is 0 Å². The Balaban J connectivity index is 2.96. The molecule has 0 saturated carbocycles. The molecular formula is C12H21N5O2. The van der Waals surface area contributed by atoms with Crippen molar-refractivity contribution < 1.29 is 9.53 Å². The van der Waals surface area contributed by atoms with Crippen LogP contribution in [-0.4, -0.2) is 35.6 Å². The minimum absolute atomic E-state index is 0.111. The van der Waals surface area contributed by atoms with Crippen molar-refractivity contribution in [3.8, 4) is 0 Å². The molecule has 0 aliphatic heterocycles. The van der Waals surface area contributed by atoms with Crippen molar-refractivity contribution >= 4 is 11.6 Å². The molecule has 7 nitrogen and oxygen atoms in total. The van der Waals surface area contributed by atoms with Gasteiger partial charge in [0.05, 0.1) is 18.5 Å². The third-order valence-corrected chi connectivity index (χ3v) is 2.49. The summed E-state index contributed by atoms with van der Waals surface area (Å²) in [5.41, 5.74) is 3.07. The van der Waals surface area contributed by atoms with Crippen molar-refractivity contribution in [3.05, 3.63) is 17.7 Å². The SMILES string of the molecule is COCC(C)NC(=O)c1nc(C(C)C)ncc1NN. The third-order valence-electron chi connectivity index (χ3n) is 2.49. The second-order valence-electron chi connectivity index (χ2n) is 4.62. The zero-order valence-electron chi connectivity index (χ0n) is 11.7. The molecule has 0 spiro atoms. The smallest absolute Gasteiger partial charge is 0.272 e. The van der Waals surface area contributed by atoms with Crippen molar-refractivity contribution in [2.45, 2.75) is 32.7 Å². The molecule has 0 aliphatic rings. The number of amides is 1. The van der Waals surface area contributed by atoms with Crippen molar-refractivity contribution in [3.63, 3.8) is 0 Å². The Bertz CT molecular complexity index is 436. The van der Waals surface area contributed by atoms with E-state index < -0.39 is 0 Å². The summed E-state index contributed by atoms with van der Waals surface area (Å²) in [6, 6.07) is -0.111. The maximum atomic E-state index is 12.1. The number of hydrogen-bond acceptors (Lipinski definition) is 6. The molecule has 1 aromatic rings. The van der Waals surface area contributed by atoms with Crippen LogP contribution in [0.3, 0.4) is 0 Å². The monoisotopic (exact) mass is 267 g/mol. The fourth-order valence-corrected chi connectivity index (χ4v) is 1.54. The first-order valence-corrected chi connectivity index (χ1v) is 6.13. The van der Waals surface area contributed by atoms with Gasteiger partial charge in [-0.1, -0.05) is 13.8 Å². The van der Waals surface area contributed by atoms with E-state index >= 15 is 0 Å². The molecule has 19 heavy (non-hydrogen) atoms. The lowest BCUT2D eigenvalue weighted by Gasteiger charge is -2.15. The summed E-state index contributed by atoms with van der Waals surface area (Å²) in [7, 11) is 1.58. The Kier molecular flexibility index (Phi) is 5.65. The molecule has 0 aromatic carbocycles. The zero-order chi connectivity index (χ0) is 14.4. The number of carbonyl (C=O) groups excluding carboxylic acids is 1. The van der Waals surface area contributed by atoms with Gasteiger partial charge in [-0.15, -0.1) is 0 Å². The molecule has 1 rings (SSSR count). The molecular weight excluding hydrogens is 246 g/mol. The molecule has 0 radical (unpaired) electrons. The highest BCUT2D eigenvalue weighted by Crippen LogP contribution is 2.15. The fraction of sp³-hybridized carbons (Fsp3) is 0.583. The average Bonchev–Trinajstić information content (AvgIpc) is 2.37. The topological polar surface area (TPSA) is 102 Å². The largest absolute Gasteiger partial charge is 0.383 e. The van der Waals surface area contributed by atoms with Crippen LogP contribution in [0.2, 0.25) is 0 Å². The predicted molar refractivity (Wildman–Crippen MR) is 72.7 cm³/mol. The average molecular weight is 267 g/mol. The van der Waals surface area contributed by atoms with E-state index in [0.29, 0.717) is 18.1 Å². The Morgan fingerprint density at radius 3 is 2.68 bits per heavy atom. The van der Waals surface area contributed by atoms with Crippen LogP contribution in [0.1, 0.15) is 43.0 Å². The third kappa shape index (κ3) is 4.15. The van der Waals surface area contributed by atoms with Gasteiger partial charge >= 0.3 is 0 Å². The van der Waals surface area contributed by atoms with E-state index in [1.54, 1.807) is 7.11 Å². The minimum atomic E-state index is -0.304. The molecule has 1 aromatic heterocycles. The van der Waals surface area contributed by atoms with Crippen LogP contribution in [0.15, 0.2) is 6.20 Å². The zero-order valence-corrected chi connectivity index (χ0v) is 11.7. The summed E-state index contributed by atoms with van der Waals surface area (Å²) < 4.78 is 4.97. The molecule has 1 unspecified atom stereocenters. The van der Waals surface area contributed by atoms with Gasteiger partial charge in [0, 0.05) is 19.1 Å². The van der Waals surface area contributed by atoms with Crippen LogP contribution in [0.25, 0.3) is 0 Å². The van der Waals surface area contributed by atoms with E-state index in [9.17, 15) is 4.79 Å². The van der Waals surface area contributed by atoms with Crippen molar-refractivity contribution in [2.24, 2.45) is 5.84 Å². The van der Waals surface area contributed by atoms with Gasteiger partial charge in [0.25, 0.3) is 5.91 Å². The maximum Gasteiger partial charge on any atom is 0.272 e. The number of hydrazine groups is 1. The molecule has 1 heterocycles. The van der Waals surface area contributed by atoms with Crippen molar-refractivity contribution in [1.82, 2.24) is 15.3 Å². The summed E-state index contributed by atoms with van der Waals surface area (Å²) in [6.45, 7) is 6.20. The molecule has 106 valence electrons. The number of ether oxygens (including phenoxy) is 1. The van der Waals surface area contributed by atoms with E-state index in [4.69, 9.17) is 10.6 Å². The summed E-state index contributed by atoms with van der Waals surface area (Å²) in [5.74, 6) is 5.80. The number of nitrogens with two attached hydrogens (primary N) is 1. The number of nitrogen functional groups attached to an aromatic ring is 1. The van der Waals surface area contributed by atoms with Crippen LogP contribution in [-0.2, 0) is 4.74 Å². The van der Waals surface area contributed by atoms with Crippen molar-refractivity contribution in [2.75, 3.05) is 19.1 Å². The first-order valence-electron chi connectivity index (χ1n) is 6.13. The van der Waals surface area contributed by atoms with Gasteiger partial charge in [-0.05, 0) is 6.92 Å².